The molecule has 0 aromatic heterocycles. The van der Waals surface area contributed by atoms with E-state index in [2.05, 4.69) is 78.0 Å². The van der Waals surface area contributed by atoms with E-state index in [0.29, 0.717) is 0 Å². The van der Waals surface area contributed by atoms with Crippen molar-refractivity contribution in [1.29, 1.82) is 0 Å². The monoisotopic (exact) mass is 382 g/mol. The van der Waals surface area contributed by atoms with E-state index in [9.17, 15) is 0 Å². The predicted octanol–water partition coefficient (Wildman–Crippen LogP) is 8.01. The highest BCUT2D eigenvalue weighted by Gasteiger charge is 2.30. The minimum Gasteiger partial charge on any atom is -0.0798 e. The first kappa shape index (κ1) is 18.9. The molecule has 0 radical (unpaired) electrons. The molecule has 150 valence electrons. The molecule has 5 rings (SSSR count). The van der Waals surface area contributed by atoms with Crippen LogP contribution in [0.4, 0.5) is 0 Å². The second-order valence-corrected chi connectivity index (χ2v) is 11.3. The summed E-state index contributed by atoms with van der Waals surface area (Å²) in [6, 6.07) is 10.1. The van der Waals surface area contributed by atoms with Crippen molar-refractivity contribution in [1.82, 2.24) is 0 Å². The number of hydrogen-bond donors (Lipinski definition) is 0. The predicted molar refractivity (Wildman–Crippen MR) is 126 cm³/mol. The smallest absolute Gasteiger partial charge is 0.00132 e. The summed E-state index contributed by atoms with van der Waals surface area (Å²) in [4.78, 5) is 0. The zero-order valence-electron chi connectivity index (χ0n) is 19.0. The molecule has 0 fully saturated rings. The fraction of sp³-hybridized carbons (Fsp3) is 0.448. The number of aryl methyl sites for hydroxylation is 2. The lowest BCUT2D eigenvalue weighted by Crippen LogP contribution is -2.14. The van der Waals surface area contributed by atoms with Gasteiger partial charge >= 0.3 is 0 Å². The fourth-order valence-corrected chi connectivity index (χ4v) is 5.69. The maximum absolute atomic E-state index is 2.53. The Morgan fingerprint density at radius 3 is 1.31 bits per heavy atom. The van der Waals surface area contributed by atoms with Crippen LogP contribution < -0.4 is 0 Å². The van der Waals surface area contributed by atoms with Gasteiger partial charge in [-0.2, -0.15) is 0 Å². The van der Waals surface area contributed by atoms with Crippen LogP contribution >= 0.6 is 0 Å². The van der Waals surface area contributed by atoms with Gasteiger partial charge in [0.2, 0.25) is 0 Å². The van der Waals surface area contributed by atoms with E-state index in [1.165, 1.54) is 70.2 Å². The molecule has 0 unspecified atom stereocenters. The van der Waals surface area contributed by atoms with Crippen LogP contribution in [-0.2, 0) is 19.3 Å². The van der Waals surface area contributed by atoms with Crippen molar-refractivity contribution in [3.63, 3.8) is 0 Å². The second-order valence-electron chi connectivity index (χ2n) is 11.3. The van der Waals surface area contributed by atoms with Gasteiger partial charge in [-0.3, -0.25) is 0 Å². The molecule has 0 bridgehead atoms. The molecule has 29 heavy (non-hydrogen) atoms. The molecular weight excluding hydrogens is 348 g/mol. The highest BCUT2D eigenvalue weighted by atomic mass is 14.3. The van der Waals surface area contributed by atoms with Crippen molar-refractivity contribution in [2.75, 3.05) is 0 Å². The van der Waals surface area contributed by atoms with Gasteiger partial charge in [0.05, 0.1) is 0 Å². The molecule has 0 saturated carbocycles. The summed E-state index contributed by atoms with van der Waals surface area (Å²) in [5, 5.41) is 0. The number of fused-ring (bicyclic) bond motifs is 5. The Hall–Kier alpha value is -2.08. The first-order valence-electron chi connectivity index (χ1n) is 11.4. The maximum atomic E-state index is 2.53. The highest BCUT2D eigenvalue weighted by Crippen LogP contribution is 2.48. The van der Waals surface area contributed by atoms with Gasteiger partial charge in [-0.25, -0.2) is 0 Å². The summed E-state index contributed by atoms with van der Waals surface area (Å²) >= 11 is 0. The maximum Gasteiger partial charge on any atom is -0.00132 e. The summed E-state index contributed by atoms with van der Waals surface area (Å²) in [5.74, 6) is 0. The van der Waals surface area contributed by atoms with Crippen LogP contribution in [0.2, 0.25) is 0 Å². The van der Waals surface area contributed by atoms with Gasteiger partial charge in [-0.05, 0) is 111 Å². The third kappa shape index (κ3) is 3.03. The lowest BCUT2D eigenvalue weighted by atomic mass is 9.75. The molecule has 0 amide bonds. The first-order valence-corrected chi connectivity index (χ1v) is 11.4. The molecule has 0 aliphatic heterocycles. The van der Waals surface area contributed by atoms with Gasteiger partial charge in [0, 0.05) is 0 Å². The van der Waals surface area contributed by atoms with E-state index in [1.54, 1.807) is 11.1 Å². The van der Waals surface area contributed by atoms with E-state index in [1.807, 2.05) is 0 Å². The lowest BCUT2D eigenvalue weighted by Gasteiger charge is -2.30. The van der Waals surface area contributed by atoms with Crippen LogP contribution in [0.3, 0.4) is 0 Å². The molecule has 3 aliphatic rings. The Morgan fingerprint density at radius 2 is 0.931 bits per heavy atom. The van der Waals surface area contributed by atoms with E-state index in [0.717, 1.165) is 6.42 Å². The third-order valence-electron chi connectivity index (χ3n) is 7.05. The van der Waals surface area contributed by atoms with Crippen LogP contribution in [-0.4, -0.2) is 0 Å². The topological polar surface area (TPSA) is 0 Å². The molecule has 2 aromatic rings. The van der Waals surface area contributed by atoms with Crippen LogP contribution in [0.5, 0.6) is 0 Å². The van der Waals surface area contributed by atoms with Crippen molar-refractivity contribution >= 4 is 11.1 Å². The normalized spacial score (nSPS) is 17.7. The number of hydrogen-bond acceptors (Lipinski definition) is 0. The molecule has 0 saturated heterocycles. The van der Waals surface area contributed by atoms with Crippen molar-refractivity contribution in [3.8, 4) is 11.1 Å². The quantitative estimate of drug-likeness (QED) is 0.369. The van der Waals surface area contributed by atoms with E-state index >= 15 is 0 Å². The Kier molecular flexibility index (Phi) is 4.05. The van der Waals surface area contributed by atoms with Crippen molar-refractivity contribution in [2.45, 2.75) is 73.6 Å². The van der Waals surface area contributed by atoms with Gasteiger partial charge in [-0.1, -0.05) is 65.8 Å². The number of rotatable bonds is 0. The van der Waals surface area contributed by atoms with Crippen LogP contribution in [0, 0.1) is 10.8 Å². The van der Waals surface area contributed by atoms with Crippen LogP contribution in [0.15, 0.2) is 36.4 Å². The van der Waals surface area contributed by atoms with Crippen LogP contribution in [0.25, 0.3) is 22.3 Å². The average molecular weight is 383 g/mol. The fourth-order valence-electron chi connectivity index (χ4n) is 5.69. The zero-order chi connectivity index (χ0) is 20.6. The summed E-state index contributed by atoms with van der Waals surface area (Å²) in [7, 11) is 0. The summed E-state index contributed by atoms with van der Waals surface area (Å²) in [5.41, 5.74) is 15.6. The summed E-state index contributed by atoms with van der Waals surface area (Å²) in [6.07, 6.45) is 10.8. The standard InChI is InChI=1S/C29H34/c1-28(2,3)26-11-7-9-18-13-20-15-21-14-19-10-8-12-27(29(4,5)6)25(19)17-23(21)22(20)16-24(18)26/h11-14,16-17H,7-10,15H2,1-6H3. The molecule has 0 N–H and O–H groups in total. The Bertz CT molecular complexity index is 987. The summed E-state index contributed by atoms with van der Waals surface area (Å²) in [6.45, 7) is 14.1. The van der Waals surface area contributed by atoms with Gasteiger partial charge in [0.25, 0.3) is 0 Å². The molecule has 2 aromatic carbocycles. The van der Waals surface area contributed by atoms with Gasteiger partial charge < -0.3 is 0 Å². The molecule has 0 heterocycles. The molecule has 0 atom stereocenters. The minimum atomic E-state index is 0.197. The molecule has 0 nitrogen and oxygen atoms in total. The first-order chi connectivity index (χ1) is 13.6. The largest absolute Gasteiger partial charge is 0.0798 e. The lowest BCUT2D eigenvalue weighted by molar-refractivity contribution is 0.561. The van der Waals surface area contributed by atoms with Crippen molar-refractivity contribution in [2.24, 2.45) is 10.8 Å². The average Bonchev–Trinajstić information content (AvgIpc) is 2.98. The molecule has 0 heteroatoms. The van der Waals surface area contributed by atoms with E-state index in [-0.39, 0.29) is 10.8 Å². The van der Waals surface area contributed by atoms with E-state index < -0.39 is 0 Å². The molecule has 0 spiro atoms. The van der Waals surface area contributed by atoms with E-state index in [4.69, 9.17) is 0 Å². The Morgan fingerprint density at radius 1 is 0.517 bits per heavy atom. The number of benzene rings is 2. The van der Waals surface area contributed by atoms with Crippen molar-refractivity contribution in [3.05, 3.63) is 69.8 Å². The second kappa shape index (κ2) is 6.21. The summed E-state index contributed by atoms with van der Waals surface area (Å²) < 4.78 is 0. The van der Waals surface area contributed by atoms with Gasteiger partial charge in [0.1, 0.15) is 0 Å². The third-order valence-corrected chi connectivity index (χ3v) is 7.05. The SMILES string of the molecule is CC(C)(C)C1=CCCc2cc3c(cc21)-c1cc2c(cc1C3)CCC=C2C(C)(C)C. The van der Waals surface area contributed by atoms with Gasteiger partial charge in [-0.15, -0.1) is 0 Å². The Balaban J connectivity index is 1.68. The number of allylic oxidation sites excluding steroid dienone is 4. The molecular formula is C29H34. The highest BCUT2D eigenvalue weighted by molar-refractivity contribution is 5.87. The molecule has 3 aliphatic carbocycles. The zero-order valence-corrected chi connectivity index (χ0v) is 19.0. The Labute approximate surface area is 176 Å². The van der Waals surface area contributed by atoms with Crippen molar-refractivity contribution < 1.29 is 0 Å². The van der Waals surface area contributed by atoms with Crippen LogP contribution in [0.1, 0.15) is 87.8 Å². The minimum absolute atomic E-state index is 0.197. The van der Waals surface area contributed by atoms with Gasteiger partial charge in [0.15, 0.2) is 0 Å².